The van der Waals surface area contributed by atoms with Gasteiger partial charge in [0.15, 0.2) is 0 Å². The van der Waals surface area contributed by atoms with Gasteiger partial charge in [0.1, 0.15) is 0 Å². The lowest BCUT2D eigenvalue weighted by atomic mass is 10.1. The maximum atomic E-state index is 8.71. The first-order valence-electron chi connectivity index (χ1n) is 5.47. The molecule has 0 spiro atoms. The van der Waals surface area contributed by atoms with Gasteiger partial charge in [0.2, 0.25) is 0 Å². The van der Waals surface area contributed by atoms with E-state index in [9.17, 15) is 0 Å². The molecule has 0 bridgehead atoms. The average molecular weight is 228 g/mol. The maximum Gasteiger partial charge on any atom is 0.0965 e. The summed E-state index contributed by atoms with van der Waals surface area (Å²) < 4.78 is 0. The number of aliphatic hydroxyl groups is 1. The molecule has 2 N–H and O–H groups in total. The predicted molar refractivity (Wildman–Crippen MR) is 64.3 cm³/mol. The summed E-state index contributed by atoms with van der Waals surface area (Å²) in [6.07, 6.45) is 3.76. The summed E-state index contributed by atoms with van der Waals surface area (Å²) in [4.78, 5) is 4.29. The minimum atomic E-state index is 0.286. The van der Waals surface area contributed by atoms with Crippen LogP contribution in [0.15, 0.2) is 11.6 Å². The highest BCUT2D eigenvalue weighted by atomic mass is 32.1. The lowest BCUT2D eigenvalue weighted by Crippen LogP contribution is -2.29. The van der Waals surface area contributed by atoms with Gasteiger partial charge in [-0.25, -0.2) is 4.98 Å². The van der Waals surface area contributed by atoms with Crippen LogP contribution in [0.2, 0.25) is 0 Å². The summed E-state index contributed by atoms with van der Waals surface area (Å²) in [7, 11) is 0. The van der Waals surface area contributed by atoms with Gasteiger partial charge in [0.25, 0.3) is 0 Å². The van der Waals surface area contributed by atoms with E-state index in [-0.39, 0.29) is 6.61 Å². The molecule has 1 aromatic rings. The molecule has 86 valence electrons. The van der Waals surface area contributed by atoms with Gasteiger partial charge in [-0.05, 0) is 19.8 Å². The van der Waals surface area contributed by atoms with Crippen LogP contribution in [0.5, 0.6) is 0 Å². The largest absolute Gasteiger partial charge is 0.396 e. The molecule has 0 aromatic carbocycles. The minimum absolute atomic E-state index is 0.286. The highest BCUT2D eigenvalue weighted by Crippen LogP contribution is 2.16. The van der Waals surface area contributed by atoms with Crippen molar-refractivity contribution in [2.75, 3.05) is 13.2 Å². The summed E-state index contributed by atoms with van der Waals surface area (Å²) in [6, 6.07) is 0.472. The average Bonchev–Trinajstić information content (AvgIpc) is 2.76. The second kappa shape index (κ2) is 6.93. The Bertz CT molecular complexity index is 251. The van der Waals surface area contributed by atoms with E-state index >= 15 is 0 Å². The fourth-order valence-corrected chi connectivity index (χ4v) is 2.14. The van der Waals surface area contributed by atoms with Crippen molar-refractivity contribution in [3.05, 3.63) is 16.6 Å². The van der Waals surface area contributed by atoms with Crippen LogP contribution in [-0.2, 0) is 0 Å². The summed E-state index contributed by atoms with van der Waals surface area (Å²) in [5, 5.41) is 15.4. The van der Waals surface area contributed by atoms with Gasteiger partial charge in [0, 0.05) is 36.7 Å². The highest BCUT2D eigenvalue weighted by Gasteiger charge is 2.09. The van der Waals surface area contributed by atoms with Gasteiger partial charge < -0.3 is 10.4 Å². The fourth-order valence-electron chi connectivity index (χ4n) is 1.44. The maximum absolute atomic E-state index is 8.71. The van der Waals surface area contributed by atoms with Crippen LogP contribution in [-0.4, -0.2) is 29.3 Å². The zero-order chi connectivity index (χ0) is 11.1. The van der Waals surface area contributed by atoms with Gasteiger partial charge in [0.05, 0.1) is 5.01 Å². The number of aromatic nitrogens is 1. The van der Waals surface area contributed by atoms with Crippen molar-refractivity contribution in [1.29, 1.82) is 0 Å². The minimum Gasteiger partial charge on any atom is -0.396 e. The van der Waals surface area contributed by atoms with E-state index in [0.717, 1.165) is 19.4 Å². The topological polar surface area (TPSA) is 45.1 Å². The zero-order valence-corrected chi connectivity index (χ0v) is 10.3. The Labute approximate surface area is 95.6 Å². The molecule has 0 radical (unpaired) electrons. The third-order valence-corrected chi connectivity index (χ3v) is 3.45. The molecule has 0 aliphatic carbocycles. The lowest BCUT2D eigenvalue weighted by Gasteiger charge is -2.15. The van der Waals surface area contributed by atoms with Crippen molar-refractivity contribution >= 4 is 11.3 Å². The van der Waals surface area contributed by atoms with Crippen LogP contribution >= 0.6 is 11.3 Å². The molecule has 0 aliphatic rings. The number of nitrogens with one attached hydrogen (secondary N) is 1. The number of hydrogen-bond donors (Lipinski definition) is 2. The van der Waals surface area contributed by atoms with E-state index in [2.05, 4.69) is 24.1 Å². The van der Waals surface area contributed by atoms with E-state index in [1.807, 2.05) is 11.6 Å². The second-order valence-electron chi connectivity index (χ2n) is 3.95. The second-order valence-corrected chi connectivity index (χ2v) is 4.87. The smallest absolute Gasteiger partial charge is 0.0965 e. The summed E-state index contributed by atoms with van der Waals surface area (Å²) in [6.45, 7) is 5.59. The van der Waals surface area contributed by atoms with E-state index < -0.39 is 0 Å². The monoisotopic (exact) mass is 228 g/mol. The Hall–Kier alpha value is -0.450. The molecule has 15 heavy (non-hydrogen) atoms. The number of aliphatic hydroxyl groups excluding tert-OH is 1. The first-order valence-corrected chi connectivity index (χ1v) is 6.35. The molecule has 0 fully saturated rings. The van der Waals surface area contributed by atoms with Gasteiger partial charge in [-0.2, -0.15) is 0 Å². The van der Waals surface area contributed by atoms with Crippen molar-refractivity contribution in [2.45, 2.75) is 38.6 Å². The molecule has 1 heterocycles. The standard InChI is InChI=1S/C11H20N2OS/c1-9(11-12-5-7-15-11)8-13-10(2)4-3-6-14/h5,7,9-10,13-14H,3-4,6,8H2,1-2H3. The van der Waals surface area contributed by atoms with Gasteiger partial charge in [-0.3, -0.25) is 0 Å². The van der Waals surface area contributed by atoms with Crippen LogP contribution in [0, 0.1) is 0 Å². The normalized spacial score (nSPS) is 15.1. The zero-order valence-electron chi connectivity index (χ0n) is 9.44. The first kappa shape index (κ1) is 12.6. The molecule has 2 atom stereocenters. The van der Waals surface area contributed by atoms with E-state index in [1.165, 1.54) is 5.01 Å². The first-order chi connectivity index (χ1) is 7.24. The number of nitrogens with zero attached hydrogens (tertiary/aromatic N) is 1. The van der Waals surface area contributed by atoms with Gasteiger partial charge in [-0.15, -0.1) is 11.3 Å². The third kappa shape index (κ3) is 4.73. The summed E-state index contributed by atoms with van der Waals surface area (Å²) >= 11 is 1.71. The van der Waals surface area contributed by atoms with Crippen LogP contribution < -0.4 is 5.32 Å². The van der Waals surface area contributed by atoms with Gasteiger partial charge >= 0.3 is 0 Å². The molecular weight excluding hydrogens is 208 g/mol. The van der Waals surface area contributed by atoms with Crippen LogP contribution in [0.4, 0.5) is 0 Å². The Morgan fingerprint density at radius 3 is 2.93 bits per heavy atom. The number of thiazole rings is 1. The molecular formula is C11H20N2OS. The van der Waals surface area contributed by atoms with Crippen molar-refractivity contribution in [1.82, 2.24) is 10.3 Å². The highest BCUT2D eigenvalue weighted by molar-refractivity contribution is 7.09. The van der Waals surface area contributed by atoms with Crippen LogP contribution in [0.1, 0.15) is 37.6 Å². The fraction of sp³-hybridized carbons (Fsp3) is 0.727. The Morgan fingerprint density at radius 2 is 2.33 bits per heavy atom. The third-order valence-electron chi connectivity index (χ3n) is 2.44. The summed E-state index contributed by atoms with van der Waals surface area (Å²) in [5.41, 5.74) is 0. The van der Waals surface area contributed by atoms with E-state index in [1.54, 1.807) is 11.3 Å². The molecule has 0 saturated heterocycles. The number of rotatable bonds is 7. The van der Waals surface area contributed by atoms with E-state index in [4.69, 9.17) is 5.11 Å². The van der Waals surface area contributed by atoms with Crippen molar-refractivity contribution < 1.29 is 5.11 Å². The summed E-state index contributed by atoms with van der Waals surface area (Å²) in [5.74, 6) is 0.474. The van der Waals surface area contributed by atoms with Crippen molar-refractivity contribution in [2.24, 2.45) is 0 Å². The quantitative estimate of drug-likeness (QED) is 0.750. The Kier molecular flexibility index (Phi) is 5.83. The lowest BCUT2D eigenvalue weighted by molar-refractivity contribution is 0.276. The molecule has 3 nitrogen and oxygen atoms in total. The molecule has 1 rings (SSSR count). The Morgan fingerprint density at radius 1 is 1.53 bits per heavy atom. The molecule has 0 saturated carbocycles. The van der Waals surface area contributed by atoms with Crippen LogP contribution in [0.3, 0.4) is 0 Å². The van der Waals surface area contributed by atoms with E-state index in [0.29, 0.717) is 12.0 Å². The molecule has 0 aliphatic heterocycles. The molecule has 2 unspecified atom stereocenters. The SMILES string of the molecule is CC(CCCO)NCC(C)c1nccs1. The molecule has 1 aromatic heterocycles. The van der Waals surface area contributed by atoms with Crippen LogP contribution in [0.25, 0.3) is 0 Å². The van der Waals surface area contributed by atoms with Gasteiger partial charge in [-0.1, -0.05) is 6.92 Å². The Balaban J connectivity index is 2.19. The predicted octanol–water partition coefficient (Wildman–Crippen LogP) is 2.00. The number of hydrogen-bond acceptors (Lipinski definition) is 4. The van der Waals surface area contributed by atoms with Crippen molar-refractivity contribution in [3.8, 4) is 0 Å². The van der Waals surface area contributed by atoms with Crippen molar-refractivity contribution in [3.63, 3.8) is 0 Å². The molecule has 0 amide bonds. The molecule has 4 heteroatoms.